The first-order valence-electron chi connectivity index (χ1n) is 4.07. The average Bonchev–Trinajstić information content (AvgIpc) is 2.71. The zero-order chi connectivity index (χ0) is 6.97. The van der Waals surface area contributed by atoms with Gasteiger partial charge in [-0.25, -0.2) is 0 Å². The molecule has 0 aromatic carbocycles. The molecule has 0 amide bonds. The molecule has 0 radical (unpaired) electrons. The minimum atomic E-state index is 0.314. The van der Waals surface area contributed by atoms with Crippen molar-refractivity contribution in [2.75, 3.05) is 0 Å². The van der Waals surface area contributed by atoms with Crippen molar-refractivity contribution in [2.45, 2.75) is 25.7 Å². The van der Waals surface area contributed by atoms with E-state index in [-0.39, 0.29) is 0 Å². The van der Waals surface area contributed by atoms with Crippen LogP contribution in [0.1, 0.15) is 25.7 Å². The monoisotopic (exact) mass is 136 g/mol. The maximum Gasteiger partial charge on any atom is 0.140 e. The normalized spacial score (nSPS) is 32.8. The van der Waals surface area contributed by atoms with Gasteiger partial charge in [0.25, 0.3) is 0 Å². The molecular weight excluding hydrogens is 124 g/mol. The fraction of sp³-hybridized carbons (Fsp3) is 0.667. The SMILES string of the molecule is O=C1CCC=CC1C1CC1. The van der Waals surface area contributed by atoms with Crippen LogP contribution in [0.3, 0.4) is 0 Å². The molecule has 0 N–H and O–H groups in total. The van der Waals surface area contributed by atoms with E-state index in [2.05, 4.69) is 12.2 Å². The molecule has 0 saturated heterocycles. The Morgan fingerprint density at radius 3 is 2.80 bits per heavy atom. The number of rotatable bonds is 1. The standard InChI is InChI=1S/C9H12O/c10-9-4-2-1-3-8(9)7-5-6-7/h1,3,7-8H,2,4-6H2. The molecule has 0 bridgehead atoms. The molecule has 1 unspecified atom stereocenters. The van der Waals surface area contributed by atoms with Crippen molar-refractivity contribution in [3.8, 4) is 0 Å². The molecule has 2 aliphatic carbocycles. The summed E-state index contributed by atoms with van der Waals surface area (Å²) in [6.07, 6.45) is 8.59. The molecule has 0 aliphatic heterocycles. The second kappa shape index (κ2) is 2.22. The maximum atomic E-state index is 11.2. The summed E-state index contributed by atoms with van der Waals surface area (Å²) in [6.45, 7) is 0. The van der Waals surface area contributed by atoms with Crippen LogP contribution >= 0.6 is 0 Å². The summed E-state index contributed by atoms with van der Waals surface area (Å²) in [5.74, 6) is 1.52. The van der Waals surface area contributed by atoms with Gasteiger partial charge in [-0.2, -0.15) is 0 Å². The molecule has 2 rings (SSSR count). The van der Waals surface area contributed by atoms with Crippen LogP contribution < -0.4 is 0 Å². The molecule has 1 heteroatoms. The molecule has 1 fully saturated rings. The number of carbonyl (C=O) groups excluding carboxylic acids is 1. The molecule has 0 aromatic rings. The second-order valence-electron chi connectivity index (χ2n) is 3.30. The summed E-state index contributed by atoms with van der Waals surface area (Å²) >= 11 is 0. The number of allylic oxidation sites excluding steroid dienone is 2. The third kappa shape index (κ3) is 1.00. The van der Waals surface area contributed by atoms with E-state index in [1.165, 1.54) is 12.8 Å². The van der Waals surface area contributed by atoms with Crippen LogP contribution in [0.15, 0.2) is 12.2 Å². The van der Waals surface area contributed by atoms with Crippen LogP contribution in [0.4, 0.5) is 0 Å². The highest BCUT2D eigenvalue weighted by molar-refractivity contribution is 5.84. The zero-order valence-electron chi connectivity index (χ0n) is 6.05. The fourth-order valence-corrected chi connectivity index (χ4v) is 1.62. The number of Topliss-reactive ketones (excluding diaryl/α,β-unsaturated/α-hetero) is 1. The summed E-state index contributed by atoms with van der Waals surface area (Å²) < 4.78 is 0. The number of hydrogen-bond acceptors (Lipinski definition) is 1. The van der Waals surface area contributed by atoms with Crippen LogP contribution in [-0.4, -0.2) is 5.78 Å². The molecule has 0 heterocycles. The van der Waals surface area contributed by atoms with Gasteiger partial charge in [-0.1, -0.05) is 12.2 Å². The Balaban J connectivity index is 2.08. The van der Waals surface area contributed by atoms with E-state index in [1.807, 2.05) is 0 Å². The lowest BCUT2D eigenvalue weighted by molar-refractivity contribution is -0.122. The Labute approximate surface area is 61.1 Å². The minimum absolute atomic E-state index is 0.314. The third-order valence-electron chi connectivity index (χ3n) is 2.40. The highest BCUT2D eigenvalue weighted by Crippen LogP contribution is 2.39. The van der Waals surface area contributed by atoms with Crippen molar-refractivity contribution in [1.82, 2.24) is 0 Å². The van der Waals surface area contributed by atoms with Gasteiger partial charge in [0.05, 0.1) is 0 Å². The van der Waals surface area contributed by atoms with Crippen molar-refractivity contribution in [1.29, 1.82) is 0 Å². The number of carbonyl (C=O) groups is 1. The summed E-state index contributed by atoms with van der Waals surface area (Å²) in [5, 5.41) is 0. The van der Waals surface area contributed by atoms with Gasteiger partial charge in [0, 0.05) is 12.3 Å². The van der Waals surface area contributed by atoms with Gasteiger partial charge in [0.15, 0.2) is 0 Å². The lowest BCUT2D eigenvalue weighted by Gasteiger charge is -2.13. The fourth-order valence-electron chi connectivity index (χ4n) is 1.62. The molecule has 1 saturated carbocycles. The Kier molecular flexibility index (Phi) is 1.37. The molecule has 0 spiro atoms. The molecule has 54 valence electrons. The van der Waals surface area contributed by atoms with Crippen molar-refractivity contribution in [2.24, 2.45) is 11.8 Å². The third-order valence-corrected chi connectivity index (χ3v) is 2.40. The lowest BCUT2D eigenvalue weighted by atomic mass is 9.90. The van der Waals surface area contributed by atoms with Crippen LogP contribution in [0.5, 0.6) is 0 Å². The lowest BCUT2D eigenvalue weighted by Crippen LogP contribution is -2.16. The van der Waals surface area contributed by atoms with Gasteiger partial charge >= 0.3 is 0 Å². The van der Waals surface area contributed by atoms with Crippen LogP contribution in [-0.2, 0) is 4.79 Å². The summed E-state index contributed by atoms with van der Waals surface area (Å²) in [5.41, 5.74) is 0. The van der Waals surface area contributed by atoms with Gasteiger partial charge < -0.3 is 0 Å². The summed E-state index contributed by atoms with van der Waals surface area (Å²) in [7, 11) is 0. The van der Waals surface area contributed by atoms with Crippen LogP contribution in [0.25, 0.3) is 0 Å². The highest BCUT2D eigenvalue weighted by atomic mass is 16.1. The Morgan fingerprint density at radius 1 is 1.40 bits per heavy atom. The topological polar surface area (TPSA) is 17.1 Å². The first-order valence-corrected chi connectivity index (χ1v) is 4.07. The van der Waals surface area contributed by atoms with Crippen LogP contribution in [0.2, 0.25) is 0 Å². The van der Waals surface area contributed by atoms with E-state index in [4.69, 9.17) is 0 Å². The van der Waals surface area contributed by atoms with Crippen molar-refractivity contribution in [3.63, 3.8) is 0 Å². The van der Waals surface area contributed by atoms with E-state index >= 15 is 0 Å². The van der Waals surface area contributed by atoms with E-state index in [9.17, 15) is 4.79 Å². The van der Waals surface area contributed by atoms with Crippen molar-refractivity contribution in [3.05, 3.63) is 12.2 Å². The van der Waals surface area contributed by atoms with E-state index < -0.39 is 0 Å². The molecule has 1 atom stereocenters. The van der Waals surface area contributed by atoms with Crippen molar-refractivity contribution < 1.29 is 4.79 Å². The molecule has 10 heavy (non-hydrogen) atoms. The largest absolute Gasteiger partial charge is 0.299 e. The maximum absolute atomic E-state index is 11.2. The predicted octanol–water partition coefficient (Wildman–Crippen LogP) is 1.93. The Hall–Kier alpha value is -0.590. The first-order chi connectivity index (χ1) is 4.88. The Morgan fingerprint density at radius 2 is 2.20 bits per heavy atom. The van der Waals surface area contributed by atoms with Gasteiger partial charge in [-0.05, 0) is 25.2 Å². The van der Waals surface area contributed by atoms with E-state index in [0.717, 1.165) is 18.8 Å². The average molecular weight is 136 g/mol. The highest BCUT2D eigenvalue weighted by Gasteiger charge is 2.34. The first kappa shape index (κ1) is 6.14. The van der Waals surface area contributed by atoms with Gasteiger partial charge in [0.2, 0.25) is 0 Å². The van der Waals surface area contributed by atoms with E-state index in [1.54, 1.807) is 0 Å². The van der Waals surface area contributed by atoms with Gasteiger partial charge in [-0.15, -0.1) is 0 Å². The second-order valence-corrected chi connectivity index (χ2v) is 3.30. The quantitative estimate of drug-likeness (QED) is 0.503. The smallest absolute Gasteiger partial charge is 0.140 e. The summed E-state index contributed by atoms with van der Waals surface area (Å²) in [6, 6.07) is 0. The molecular formula is C9H12O. The molecule has 1 nitrogen and oxygen atoms in total. The minimum Gasteiger partial charge on any atom is -0.299 e. The zero-order valence-corrected chi connectivity index (χ0v) is 6.05. The number of hydrogen-bond donors (Lipinski definition) is 0. The Bertz CT molecular complexity index is 177. The van der Waals surface area contributed by atoms with E-state index in [0.29, 0.717) is 11.7 Å². The molecule has 2 aliphatic rings. The predicted molar refractivity (Wildman–Crippen MR) is 39.6 cm³/mol. The van der Waals surface area contributed by atoms with Gasteiger partial charge in [-0.3, -0.25) is 4.79 Å². The van der Waals surface area contributed by atoms with Crippen molar-refractivity contribution >= 4 is 5.78 Å². The van der Waals surface area contributed by atoms with Crippen LogP contribution in [0, 0.1) is 11.8 Å². The molecule has 0 aromatic heterocycles. The van der Waals surface area contributed by atoms with Gasteiger partial charge in [0.1, 0.15) is 5.78 Å². The summed E-state index contributed by atoms with van der Waals surface area (Å²) in [4.78, 5) is 11.2. The number of ketones is 1.